The predicted octanol–water partition coefficient (Wildman–Crippen LogP) is 3.55. The van der Waals surface area contributed by atoms with Crippen molar-refractivity contribution < 1.29 is 0 Å². The molecule has 0 N–H and O–H groups in total. The summed E-state index contributed by atoms with van der Waals surface area (Å²) < 4.78 is 0. The minimum Gasteiger partial charge on any atom is -0.192 e. The number of unbranched alkanes of at least 4 members (excludes halogenated alkanes) is 2. The summed E-state index contributed by atoms with van der Waals surface area (Å²) in [5.74, 6) is 0. The molecule has 11 heavy (non-hydrogen) atoms. The second kappa shape index (κ2) is 7.45. The maximum absolute atomic E-state index is 4.00. The van der Waals surface area contributed by atoms with Crippen LogP contribution in [0.4, 0.5) is 0 Å². The van der Waals surface area contributed by atoms with E-state index in [4.69, 9.17) is 0 Å². The zero-order valence-corrected chi connectivity index (χ0v) is 7.80. The molecular weight excluding hydrogens is 136 g/mol. The Kier molecular flexibility index (Phi) is 7.00. The molecule has 0 heterocycles. The summed E-state index contributed by atoms with van der Waals surface area (Å²) in [4.78, 5) is 0. The SMILES string of the molecule is C/C=C(/CCCCC)N=NC. The zero-order valence-electron chi connectivity index (χ0n) is 7.80. The normalized spacial score (nSPS) is 12.8. The number of allylic oxidation sites excluding steroid dienone is 2. The van der Waals surface area contributed by atoms with E-state index in [1.165, 1.54) is 19.3 Å². The average molecular weight is 154 g/mol. The fourth-order valence-electron chi connectivity index (χ4n) is 0.937. The minimum atomic E-state index is 1.07. The molecule has 2 nitrogen and oxygen atoms in total. The van der Waals surface area contributed by atoms with E-state index in [1.807, 2.05) is 13.0 Å². The van der Waals surface area contributed by atoms with Gasteiger partial charge in [-0.1, -0.05) is 25.8 Å². The fraction of sp³-hybridized carbons (Fsp3) is 0.778. The van der Waals surface area contributed by atoms with E-state index in [2.05, 4.69) is 17.2 Å². The minimum absolute atomic E-state index is 1.07. The summed E-state index contributed by atoms with van der Waals surface area (Å²) >= 11 is 0. The second-order valence-corrected chi connectivity index (χ2v) is 2.54. The molecule has 0 atom stereocenters. The van der Waals surface area contributed by atoms with Crippen molar-refractivity contribution in [1.29, 1.82) is 0 Å². The summed E-state index contributed by atoms with van der Waals surface area (Å²) in [5.41, 5.74) is 1.11. The quantitative estimate of drug-likeness (QED) is 0.427. The van der Waals surface area contributed by atoms with Crippen LogP contribution < -0.4 is 0 Å². The van der Waals surface area contributed by atoms with E-state index in [0.29, 0.717) is 0 Å². The number of azo groups is 1. The van der Waals surface area contributed by atoms with Crippen LogP contribution in [0.25, 0.3) is 0 Å². The van der Waals surface area contributed by atoms with Gasteiger partial charge in [0.1, 0.15) is 0 Å². The summed E-state index contributed by atoms with van der Waals surface area (Å²) in [5, 5.41) is 7.74. The van der Waals surface area contributed by atoms with E-state index in [0.717, 1.165) is 12.1 Å². The monoisotopic (exact) mass is 154 g/mol. The Morgan fingerprint density at radius 3 is 2.55 bits per heavy atom. The highest BCUT2D eigenvalue weighted by atomic mass is 15.1. The molecule has 0 aliphatic heterocycles. The van der Waals surface area contributed by atoms with Gasteiger partial charge in [-0.05, 0) is 19.8 Å². The number of rotatable bonds is 5. The van der Waals surface area contributed by atoms with Crippen molar-refractivity contribution in [3.05, 3.63) is 11.8 Å². The van der Waals surface area contributed by atoms with Gasteiger partial charge < -0.3 is 0 Å². The molecule has 0 aromatic rings. The largest absolute Gasteiger partial charge is 0.192 e. The first-order valence-electron chi connectivity index (χ1n) is 4.30. The lowest BCUT2D eigenvalue weighted by Gasteiger charge is -1.97. The Hall–Kier alpha value is -0.660. The number of hydrogen-bond acceptors (Lipinski definition) is 2. The topological polar surface area (TPSA) is 24.7 Å². The molecule has 0 rings (SSSR count). The van der Waals surface area contributed by atoms with Crippen molar-refractivity contribution >= 4 is 0 Å². The maximum Gasteiger partial charge on any atom is 0.0583 e. The lowest BCUT2D eigenvalue weighted by Crippen LogP contribution is -1.79. The Balaban J connectivity index is 3.54. The second-order valence-electron chi connectivity index (χ2n) is 2.54. The Morgan fingerprint density at radius 2 is 2.09 bits per heavy atom. The summed E-state index contributed by atoms with van der Waals surface area (Å²) in [6, 6.07) is 0. The van der Waals surface area contributed by atoms with Gasteiger partial charge in [-0.3, -0.25) is 0 Å². The van der Waals surface area contributed by atoms with Gasteiger partial charge in [-0.2, -0.15) is 10.2 Å². The van der Waals surface area contributed by atoms with E-state index in [-0.39, 0.29) is 0 Å². The van der Waals surface area contributed by atoms with Crippen LogP contribution in [0.3, 0.4) is 0 Å². The molecule has 0 unspecified atom stereocenters. The van der Waals surface area contributed by atoms with Crippen LogP contribution in [0.1, 0.15) is 39.5 Å². The van der Waals surface area contributed by atoms with Crippen molar-refractivity contribution in [2.24, 2.45) is 10.2 Å². The van der Waals surface area contributed by atoms with Gasteiger partial charge in [0.2, 0.25) is 0 Å². The highest BCUT2D eigenvalue weighted by Gasteiger charge is 1.91. The van der Waals surface area contributed by atoms with Crippen molar-refractivity contribution in [2.75, 3.05) is 7.05 Å². The van der Waals surface area contributed by atoms with Crippen LogP contribution >= 0.6 is 0 Å². The van der Waals surface area contributed by atoms with Crippen molar-refractivity contribution in [2.45, 2.75) is 39.5 Å². The molecule has 0 aliphatic rings. The number of nitrogens with zero attached hydrogens (tertiary/aromatic N) is 2. The molecule has 0 amide bonds. The first-order valence-corrected chi connectivity index (χ1v) is 4.30. The van der Waals surface area contributed by atoms with E-state index in [9.17, 15) is 0 Å². The fourth-order valence-corrected chi connectivity index (χ4v) is 0.937. The standard InChI is InChI=1S/C9H18N2/c1-4-6-7-8-9(5-2)11-10-3/h5H,4,6-8H2,1-3H3/b9-5-,11-10?. The van der Waals surface area contributed by atoms with Gasteiger partial charge in [0.25, 0.3) is 0 Å². The van der Waals surface area contributed by atoms with Gasteiger partial charge >= 0.3 is 0 Å². The first kappa shape index (κ1) is 10.3. The van der Waals surface area contributed by atoms with E-state index in [1.54, 1.807) is 7.05 Å². The third-order valence-electron chi connectivity index (χ3n) is 1.60. The van der Waals surface area contributed by atoms with Crippen molar-refractivity contribution in [3.63, 3.8) is 0 Å². The lowest BCUT2D eigenvalue weighted by atomic mass is 10.1. The van der Waals surface area contributed by atoms with Crippen molar-refractivity contribution in [1.82, 2.24) is 0 Å². The van der Waals surface area contributed by atoms with Crippen LogP contribution in [-0.4, -0.2) is 7.05 Å². The summed E-state index contributed by atoms with van der Waals surface area (Å²) in [6.07, 6.45) is 6.89. The molecule has 0 aromatic heterocycles. The molecule has 0 fully saturated rings. The van der Waals surface area contributed by atoms with E-state index >= 15 is 0 Å². The van der Waals surface area contributed by atoms with Crippen LogP contribution in [-0.2, 0) is 0 Å². The van der Waals surface area contributed by atoms with Gasteiger partial charge in [0, 0.05) is 7.05 Å². The van der Waals surface area contributed by atoms with Gasteiger partial charge in [0.05, 0.1) is 5.70 Å². The van der Waals surface area contributed by atoms with Gasteiger partial charge in [-0.15, -0.1) is 0 Å². The van der Waals surface area contributed by atoms with Gasteiger partial charge in [-0.25, -0.2) is 0 Å². The van der Waals surface area contributed by atoms with Crippen LogP contribution in [0.5, 0.6) is 0 Å². The summed E-state index contributed by atoms with van der Waals surface area (Å²) in [7, 11) is 1.71. The molecule has 0 spiro atoms. The van der Waals surface area contributed by atoms with Crippen LogP contribution in [0.2, 0.25) is 0 Å². The Bertz CT molecular complexity index is 136. The Labute approximate surface area is 69.4 Å². The first-order chi connectivity index (χ1) is 5.35. The molecule has 2 heteroatoms. The third-order valence-corrected chi connectivity index (χ3v) is 1.60. The average Bonchev–Trinajstić information content (AvgIpc) is 2.03. The van der Waals surface area contributed by atoms with E-state index < -0.39 is 0 Å². The summed E-state index contributed by atoms with van der Waals surface area (Å²) in [6.45, 7) is 4.21. The molecule has 64 valence electrons. The number of hydrogen-bond donors (Lipinski definition) is 0. The highest BCUT2D eigenvalue weighted by molar-refractivity contribution is 4.96. The van der Waals surface area contributed by atoms with Crippen LogP contribution in [0, 0.1) is 0 Å². The molecule has 0 saturated heterocycles. The molecule has 0 aliphatic carbocycles. The molecule has 0 bridgehead atoms. The molecule has 0 aromatic carbocycles. The van der Waals surface area contributed by atoms with Crippen molar-refractivity contribution in [3.8, 4) is 0 Å². The van der Waals surface area contributed by atoms with Gasteiger partial charge in [0.15, 0.2) is 0 Å². The maximum atomic E-state index is 4.00. The zero-order chi connectivity index (χ0) is 8.53. The lowest BCUT2D eigenvalue weighted by molar-refractivity contribution is 0.704. The molecular formula is C9H18N2. The highest BCUT2D eigenvalue weighted by Crippen LogP contribution is 2.09. The molecule has 0 radical (unpaired) electrons. The smallest absolute Gasteiger partial charge is 0.0583 e. The predicted molar refractivity (Wildman–Crippen MR) is 48.7 cm³/mol. The Morgan fingerprint density at radius 1 is 1.36 bits per heavy atom. The van der Waals surface area contributed by atoms with Crippen LogP contribution in [0.15, 0.2) is 22.0 Å². The molecule has 0 saturated carbocycles. The third kappa shape index (κ3) is 5.77.